The fraction of sp³-hybridized carbons (Fsp3) is 0.667. The molecule has 2 rings (SSSR count). The van der Waals surface area contributed by atoms with Crippen molar-refractivity contribution in [3.8, 4) is 0 Å². The number of hydrogen-bond donors (Lipinski definition) is 1. The molecule has 18 heavy (non-hydrogen) atoms. The standard InChI is InChI=1S/C15H24N2O/c1-13-6-5-7-14(17-13)12-16-10-11-18-15-8-3-2-4-9-15/h5-7,15-16H,2-4,8-12H2,1H3. The van der Waals surface area contributed by atoms with Crippen LogP contribution in [-0.2, 0) is 11.3 Å². The zero-order valence-electron chi connectivity index (χ0n) is 11.3. The van der Waals surface area contributed by atoms with E-state index in [-0.39, 0.29) is 0 Å². The molecule has 3 heteroatoms. The molecule has 1 aromatic rings. The Hall–Kier alpha value is -0.930. The summed E-state index contributed by atoms with van der Waals surface area (Å²) in [5.41, 5.74) is 2.18. The van der Waals surface area contributed by atoms with E-state index in [9.17, 15) is 0 Å². The fourth-order valence-electron chi connectivity index (χ4n) is 2.44. The summed E-state index contributed by atoms with van der Waals surface area (Å²) in [4.78, 5) is 4.46. The molecule has 3 nitrogen and oxygen atoms in total. The van der Waals surface area contributed by atoms with Crippen molar-refractivity contribution < 1.29 is 4.74 Å². The van der Waals surface area contributed by atoms with Crippen LogP contribution in [0.3, 0.4) is 0 Å². The molecule has 1 fully saturated rings. The average molecular weight is 248 g/mol. The Morgan fingerprint density at radius 3 is 2.89 bits per heavy atom. The summed E-state index contributed by atoms with van der Waals surface area (Å²) in [6.45, 7) is 4.58. The number of hydrogen-bond acceptors (Lipinski definition) is 3. The summed E-state index contributed by atoms with van der Waals surface area (Å²) in [6, 6.07) is 6.13. The Balaban J connectivity index is 1.55. The molecule has 0 saturated heterocycles. The number of aromatic nitrogens is 1. The van der Waals surface area contributed by atoms with Crippen LogP contribution in [0.4, 0.5) is 0 Å². The second-order valence-electron chi connectivity index (χ2n) is 5.08. The third-order valence-corrected chi connectivity index (χ3v) is 3.44. The molecule has 0 atom stereocenters. The van der Waals surface area contributed by atoms with Crippen LogP contribution in [0.1, 0.15) is 43.5 Å². The van der Waals surface area contributed by atoms with Crippen LogP contribution in [0.2, 0.25) is 0 Å². The van der Waals surface area contributed by atoms with Crippen molar-refractivity contribution in [2.45, 2.75) is 51.7 Å². The maximum Gasteiger partial charge on any atom is 0.0594 e. The van der Waals surface area contributed by atoms with Crippen molar-refractivity contribution in [1.29, 1.82) is 0 Å². The molecule has 1 aliphatic rings. The van der Waals surface area contributed by atoms with Gasteiger partial charge in [0.05, 0.1) is 18.4 Å². The van der Waals surface area contributed by atoms with E-state index in [1.165, 1.54) is 32.1 Å². The predicted octanol–water partition coefficient (Wildman–Crippen LogP) is 2.83. The van der Waals surface area contributed by atoms with Crippen LogP contribution < -0.4 is 5.32 Å². The van der Waals surface area contributed by atoms with E-state index in [0.29, 0.717) is 6.10 Å². The van der Waals surface area contributed by atoms with E-state index >= 15 is 0 Å². The molecule has 0 bridgehead atoms. The van der Waals surface area contributed by atoms with Gasteiger partial charge in [0, 0.05) is 18.8 Å². The van der Waals surface area contributed by atoms with Crippen molar-refractivity contribution >= 4 is 0 Å². The highest BCUT2D eigenvalue weighted by molar-refractivity contribution is 5.09. The first-order valence-electron chi connectivity index (χ1n) is 7.09. The number of nitrogens with zero attached hydrogens (tertiary/aromatic N) is 1. The van der Waals surface area contributed by atoms with E-state index in [1.54, 1.807) is 0 Å². The van der Waals surface area contributed by atoms with Gasteiger partial charge in [0.2, 0.25) is 0 Å². The molecule has 1 N–H and O–H groups in total. The first-order chi connectivity index (χ1) is 8.84. The minimum atomic E-state index is 0.512. The second kappa shape index (κ2) is 7.49. The summed E-state index contributed by atoms with van der Waals surface area (Å²) < 4.78 is 5.86. The summed E-state index contributed by atoms with van der Waals surface area (Å²) >= 11 is 0. The van der Waals surface area contributed by atoms with Gasteiger partial charge in [-0.2, -0.15) is 0 Å². The molecule has 0 radical (unpaired) electrons. The Morgan fingerprint density at radius 1 is 1.28 bits per heavy atom. The quantitative estimate of drug-likeness (QED) is 0.786. The van der Waals surface area contributed by atoms with Gasteiger partial charge in [-0.15, -0.1) is 0 Å². The smallest absolute Gasteiger partial charge is 0.0594 e. The number of pyridine rings is 1. The molecule has 0 amide bonds. The highest BCUT2D eigenvalue weighted by Crippen LogP contribution is 2.19. The normalized spacial score (nSPS) is 16.9. The third-order valence-electron chi connectivity index (χ3n) is 3.44. The van der Waals surface area contributed by atoms with E-state index in [2.05, 4.69) is 22.4 Å². The molecule has 0 unspecified atom stereocenters. The van der Waals surface area contributed by atoms with Crippen LogP contribution in [0.15, 0.2) is 18.2 Å². The van der Waals surface area contributed by atoms with Crippen molar-refractivity contribution in [3.63, 3.8) is 0 Å². The lowest BCUT2D eigenvalue weighted by Crippen LogP contribution is -2.24. The lowest BCUT2D eigenvalue weighted by atomic mass is 9.98. The van der Waals surface area contributed by atoms with Crippen LogP contribution in [0, 0.1) is 6.92 Å². The monoisotopic (exact) mass is 248 g/mol. The summed E-state index contributed by atoms with van der Waals surface area (Å²) in [6.07, 6.45) is 7.07. The van der Waals surface area contributed by atoms with Gasteiger partial charge >= 0.3 is 0 Å². The van der Waals surface area contributed by atoms with Gasteiger partial charge in [-0.3, -0.25) is 4.98 Å². The molecule has 1 aliphatic carbocycles. The van der Waals surface area contributed by atoms with Gasteiger partial charge < -0.3 is 10.1 Å². The molecule has 0 spiro atoms. The number of nitrogens with one attached hydrogen (secondary N) is 1. The third kappa shape index (κ3) is 4.75. The Morgan fingerprint density at radius 2 is 2.11 bits per heavy atom. The Kier molecular flexibility index (Phi) is 5.62. The van der Waals surface area contributed by atoms with Crippen LogP contribution >= 0.6 is 0 Å². The summed E-state index contributed by atoms with van der Waals surface area (Å²) in [5.74, 6) is 0. The van der Waals surface area contributed by atoms with Crippen LogP contribution in [-0.4, -0.2) is 24.2 Å². The molecule has 0 aromatic carbocycles. The van der Waals surface area contributed by atoms with E-state index < -0.39 is 0 Å². The first-order valence-corrected chi connectivity index (χ1v) is 7.09. The fourth-order valence-corrected chi connectivity index (χ4v) is 2.44. The highest BCUT2D eigenvalue weighted by Gasteiger charge is 2.12. The number of aryl methyl sites for hydroxylation is 1. The van der Waals surface area contributed by atoms with Crippen molar-refractivity contribution in [1.82, 2.24) is 10.3 Å². The number of rotatable bonds is 6. The summed E-state index contributed by atoms with van der Waals surface area (Å²) in [7, 11) is 0. The molecule has 0 aliphatic heterocycles. The molecule has 1 saturated carbocycles. The minimum Gasteiger partial charge on any atom is -0.377 e. The molecular formula is C15H24N2O. The predicted molar refractivity (Wildman–Crippen MR) is 73.5 cm³/mol. The van der Waals surface area contributed by atoms with E-state index in [1.807, 2.05) is 13.0 Å². The molecule has 100 valence electrons. The van der Waals surface area contributed by atoms with E-state index in [4.69, 9.17) is 4.74 Å². The second-order valence-corrected chi connectivity index (χ2v) is 5.08. The van der Waals surface area contributed by atoms with Crippen LogP contribution in [0.25, 0.3) is 0 Å². The zero-order valence-corrected chi connectivity index (χ0v) is 11.3. The van der Waals surface area contributed by atoms with Crippen molar-refractivity contribution in [2.75, 3.05) is 13.2 Å². The van der Waals surface area contributed by atoms with Crippen LogP contribution in [0.5, 0.6) is 0 Å². The van der Waals surface area contributed by atoms with E-state index in [0.717, 1.165) is 31.1 Å². The number of ether oxygens (including phenoxy) is 1. The average Bonchev–Trinajstić information content (AvgIpc) is 2.40. The van der Waals surface area contributed by atoms with Crippen molar-refractivity contribution in [3.05, 3.63) is 29.6 Å². The van der Waals surface area contributed by atoms with Gasteiger partial charge in [-0.25, -0.2) is 0 Å². The van der Waals surface area contributed by atoms with Gasteiger partial charge in [0.15, 0.2) is 0 Å². The summed E-state index contributed by atoms with van der Waals surface area (Å²) in [5, 5.41) is 3.38. The highest BCUT2D eigenvalue weighted by atomic mass is 16.5. The maximum atomic E-state index is 5.86. The lowest BCUT2D eigenvalue weighted by Gasteiger charge is -2.22. The maximum absolute atomic E-state index is 5.86. The van der Waals surface area contributed by atoms with Crippen molar-refractivity contribution in [2.24, 2.45) is 0 Å². The minimum absolute atomic E-state index is 0.512. The molecular weight excluding hydrogens is 224 g/mol. The Bertz CT molecular complexity index is 348. The van der Waals surface area contributed by atoms with Gasteiger partial charge in [-0.05, 0) is 31.9 Å². The SMILES string of the molecule is Cc1cccc(CNCCOC2CCCCC2)n1. The van der Waals surface area contributed by atoms with Gasteiger partial charge in [-0.1, -0.05) is 25.3 Å². The Labute approximate surface area is 110 Å². The lowest BCUT2D eigenvalue weighted by molar-refractivity contribution is 0.0302. The molecule has 1 heterocycles. The molecule has 1 aromatic heterocycles. The first kappa shape index (κ1) is 13.5. The van der Waals surface area contributed by atoms with Gasteiger partial charge in [0.1, 0.15) is 0 Å². The largest absolute Gasteiger partial charge is 0.377 e. The zero-order chi connectivity index (χ0) is 12.6. The topological polar surface area (TPSA) is 34.1 Å². The van der Waals surface area contributed by atoms with Gasteiger partial charge in [0.25, 0.3) is 0 Å².